The largest absolute Gasteiger partial charge is 0.385 e. The molecule has 0 saturated heterocycles. The average Bonchev–Trinajstić information content (AvgIpc) is 2.14. The Balaban J connectivity index is 3.17. The molecular formula is C10H12BrClO3S. The van der Waals surface area contributed by atoms with E-state index >= 15 is 0 Å². The molecule has 0 bridgehead atoms. The van der Waals surface area contributed by atoms with Crippen LogP contribution in [0.4, 0.5) is 0 Å². The maximum Gasteiger partial charge on any atom is 0.228 e. The van der Waals surface area contributed by atoms with Crippen molar-refractivity contribution < 1.29 is 13.5 Å². The van der Waals surface area contributed by atoms with E-state index < -0.39 is 19.1 Å². The van der Waals surface area contributed by atoms with Crippen molar-refractivity contribution in [3.05, 3.63) is 35.4 Å². The lowest BCUT2D eigenvalue weighted by atomic mass is 10.1. The van der Waals surface area contributed by atoms with Crippen molar-refractivity contribution in [2.75, 3.05) is 6.26 Å². The number of hydrogen-bond donors (Lipinski definition) is 1. The molecule has 16 heavy (non-hydrogen) atoms. The fourth-order valence-corrected chi connectivity index (χ4v) is 2.17. The monoisotopic (exact) mass is 326 g/mol. The summed E-state index contributed by atoms with van der Waals surface area (Å²) in [6.45, 7) is 1.85. The molecule has 2 atom stereocenters. The Bertz CT molecular complexity index is 485. The van der Waals surface area contributed by atoms with Crippen LogP contribution in [0, 0.1) is 6.92 Å². The summed E-state index contributed by atoms with van der Waals surface area (Å²) in [7, 11) is -3.63. The van der Waals surface area contributed by atoms with Gasteiger partial charge < -0.3 is 5.11 Å². The first-order chi connectivity index (χ1) is 7.16. The maximum atomic E-state index is 11.4. The molecule has 0 aliphatic carbocycles. The van der Waals surface area contributed by atoms with Gasteiger partial charge in [0.2, 0.25) is 3.12 Å². The first kappa shape index (κ1) is 14.0. The average molecular weight is 328 g/mol. The number of sulfone groups is 1. The van der Waals surface area contributed by atoms with Crippen LogP contribution in [0.3, 0.4) is 0 Å². The van der Waals surface area contributed by atoms with E-state index in [2.05, 4.69) is 15.9 Å². The Morgan fingerprint density at radius 2 is 2.06 bits per heavy atom. The molecule has 0 aromatic heterocycles. The number of hydrogen-bond acceptors (Lipinski definition) is 3. The Morgan fingerprint density at radius 1 is 1.50 bits per heavy atom. The molecule has 0 heterocycles. The lowest BCUT2D eigenvalue weighted by molar-refractivity contribution is 0.185. The highest BCUT2D eigenvalue weighted by molar-refractivity contribution is 9.12. The predicted octanol–water partition coefficient (Wildman–Crippen LogP) is 2.36. The van der Waals surface area contributed by atoms with Crippen molar-refractivity contribution >= 4 is 37.4 Å². The molecule has 0 unspecified atom stereocenters. The van der Waals surface area contributed by atoms with Crippen LogP contribution in [-0.2, 0) is 9.84 Å². The topological polar surface area (TPSA) is 54.4 Å². The number of alkyl halides is 2. The van der Waals surface area contributed by atoms with Gasteiger partial charge in [0.1, 0.15) is 6.10 Å². The van der Waals surface area contributed by atoms with Crippen LogP contribution < -0.4 is 0 Å². The Morgan fingerprint density at radius 3 is 2.50 bits per heavy atom. The van der Waals surface area contributed by atoms with Crippen LogP contribution in [0.25, 0.3) is 0 Å². The van der Waals surface area contributed by atoms with Gasteiger partial charge >= 0.3 is 0 Å². The standard InChI is InChI=1S/C10H12BrClO3S/c1-7-4-3-5-8(6-7)9(13)10(11,12)16(2,14)15/h3-6,9,13H,1-2H3/t9-,10-/m1/s1. The zero-order valence-electron chi connectivity index (χ0n) is 8.81. The van der Waals surface area contributed by atoms with E-state index in [9.17, 15) is 13.5 Å². The summed E-state index contributed by atoms with van der Waals surface area (Å²) in [4.78, 5) is 0. The molecule has 0 radical (unpaired) electrons. The highest BCUT2D eigenvalue weighted by Gasteiger charge is 2.44. The van der Waals surface area contributed by atoms with E-state index in [-0.39, 0.29) is 0 Å². The number of halogens is 2. The first-order valence-corrected chi connectivity index (χ1v) is 7.54. The Kier molecular flexibility index (Phi) is 4.05. The van der Waals surface area contributed by atoms with Crippen molar-refractivity contribution in [3.8, 4) is 0 Å². The summed E-state index contributed by atoms with van der Waals surface area (Å²) in [5.41, 5.74) is 1.38. The summed E-state index contributed by atoms with van der Waals surface area (Å²) in [6, 6.07) is 6.90. The number of aliphatic hydroxyl groups is 1. The minimum absolute atomic E-state index is 0.456. The quantitative estimate of drug-likeness (QED) is 0.867. The van der Waals surface area contributed by atoms with E-state index in [0.717, 1.165) is 11.8 Å². The Hall–Kier alpha value is -0.100. The lowest BCUT2D eigenvalue weighted by Crippen LogP contribution is -2.32. The van der Waals surface area contributed by atoms with Crippen LogP contribution >= 0.6 is 27.5 Å². The number of aryl methyl sites for hydroxylation is 1. The molecule has 0 saturated carbocycles. The molecule has 0 fully saturated rings. The summed E-state index contributed by atoms with van der Waals surface area (Å²) >= 11 is 8.68. The molecule has 6 heteroatoms. The van der Waals surface area contributed by atoms with Crippen molar-refractivity contribution in [2.45, 2.75) is 16.1 Å². The lowest BCUT2D eigenvalue weighted by Gasteiger charge is -2.24. The SMILES string of the molecule is Cc1cccc([C@@H](O)[C@](Cl)(Br)S(C)(=O)=O)c1. The third kappa shape index (κ3) is 2.77. The van der Waals surface area contributed by atoms with E-state index in [4.69, 9.17) is 11.6 Å². The highest BCUT2D eigenvalue weighted by Crippen LogP contribution is 2.42. The van der Waals surface area contributed by atoms with E-state index in [1.54, 1.807) is 18.2 Å². The third-order valence-corrected chi connectivity index (χ3v) is 6.63. The zero-order valence-corrected chi connectivity index (χ0v) is 12.0. The fraction of sp³-hybridized carbons (Fsp3) is 0.400. The molecule has 0 aliphatic heterocycles. The maximum absolute atomic E-state index is 11.4. The fourth-order valence-electron chi connectivity index (χ4n) is 1.24. The summed E-state index contributed by atoms with van der Waals surface area (Å²) in [5, 5.41) is 9.95. The molecule has 1 N–H and O–H groups in total. The number of aliphatic hydroxyl groups excluding tert-OH is 1. The van der Waals surface area contributed by atoms with Gasteiger partial charge in [0.15, 0.2) is 9.84 Å². The van der Waals surface area contributed by atoms with Gasteiger partial charge in [-0.15, -0.1) is 0 Å². The molecule has 0 amide bonds. The van der Waals surface area contributed by atoms with Gasteiger partial charge in [-0.2, -0.15) is 0 Å². The summed E-state index contributed by atoms with van der Waals surface area (Å²) in [6.07, 6.45) is -0.364. The molecule has 1 rings (SSSR count). The van der Waals surface area contributed by atoms with Gasteiger partial charge in [-0.25, -0.2) is 8.42 Å². The molecule has 1 aromatic carbocycles. The molecule has 1 aromatic rings. The number of rotatable bonds is 3. The normalized spacial score (nSPS) is 17.8. The Labute approximate surface area is 108 Å². The van der Waals surface area contributed by atoms with Gasteiger partial charge in [0.25, 0.3) is 0 Å². The summed E-state index contributed by atoms with van der Waals surface area (Å²) in [5.74, 6) is 0. The van der Waals surface area contributed by atoms with Gasteiger partial charge in [-0.05, 0) is 28.4 Å². The molecular weight excluding hydrogens is 316 g/mol. The van der Waals surface area contributed by atoms with Crippen LogP contribution in [0.15, 0.2) is 24.3 Å². The van der Waals surface area contributed by atoms with Crippen molar-refractivity contribution in [1.82, 2.24) is 0 Å². The second-order valence-corrected chi connectivity index (χ2v) is 8.89. The third-order valence-electron chi connectivity index (χ3n) is 2.17. The van der Waals surface area contributed by atoms with Crippen molar-refractivity contribution in [2.24, 2.45) is 0 Å². The minimum atomic E-state index is -3.63. The van der Waals surface area contributed by atoms with Gasteiger partial charge in [0, 0.05) is 6.26 Å². The second-order valence-electron chi connectivity index (χ2n) is 3.65. The van der Waals surface area contributed by atoms with Crippen LogP contribution in [0.5, 0.6) is 0 Å². The van der Waals surface area contributed by atoms with Crippen LogP contribution in [-0.4, -0.2) is 22.9 Å². The number of benzene rings is 1. The van der Waals surface area contributed by atoms with E-state index in [1.807, 2.05) is 13.0 Å². The zero-order chi connectivity index (χ0) is 12.6. The van der Waals surface area contributed by atoms with Crippen LogP contribution in [0.2, 0.25) is 0 Å². The molecule has 90 valence electrons. The van der Waals surface area contributed by atoms with Crippen LogP contribution in [0.1, 0.15) is 17.2 Å². The van der Waals surface area contributed by atoms with Crippen molar-refractivity contribution in [3.63, 3.8) is 0 Å². The van der Waals surface area contributed by atoms with Gasteiger partial charge in [-0.1, -0.05) is 41.4 Å². The second kappa shape index (κ2) is 4.64. The summed E-state index contributed by atoms with van der Waals surface area (Å²) < 4.78 is 20.9. The smallest absolute Gasteiger partial charge is 0.228 e. The minimum Gasteiger partial charge on any atom is -0.385 e. The highest BCUT2D eigenvalue weighted by atomic mass is 79.9. The molecule has 0 aliphatic rings. The van der Waals surface area contributed by atoms with Gasteiger partial charge in [0.05, 0.1) is 0 Å². The van der Waals surface area contributed by atoms with Crippen molar-refractivity contribution in [1.29, 1.82) is 0 Å². The van der Waals surface area contributed by atoms with E-state index in [1.165, 1.54) is 0 Å². The van der Waals surface area contributed by atoms with Gasteiger partial charge in [-0.3, -0.25) is 0 Å². The predicted molar refractivity (Wildman–Crippen MR) is 68.5 cm³/mol. The molecule has 0 spiro atoms. The first-order valence-electron chi connectivity index (χ1n) is 4.48. The molecule has 3 nitrogen and oxygen atoms in total. The van der Waals surface area contributed by atoms with E-state index in [0.29, 0.717) is 5.56 Å².